The van der Waals surface area contributed by atoms with Crippen LogP contribution in [0.3, 0.4) is 0 Å². The third kappa shape index (κ3) is 3.73. The number of fused-ring (bicyclic) bond motifs is 2. The molecule has 5 rings (SSSR count). The number of aryl methyl sites for hydroxylation is 1. The predicted octanol–water partition coefficient (Wildman–Crippen LogP) is 4.81. The Morgan fingerprint density at radius 3 is 2.72 bits per heavy atom. The summed E-state index contributed by atoms with van der Waals surface area (Å²) in [7, 11) is 1.86. The standard InChI is InChI=1S/C22H20FN7OS/c1-22(2)20(31)28-16-8-13(6-7-18(16)32-22)26-19-15(23)11-24-21(29-19)27-14-5-4-12-10-25-30(3)17(12)9-14/h4-11H,1-3H3,(H,28,31)(H2,24,26,27,29). The minimum Gasteiger partial charge on any atom is -0.338 e. The quantitative estimate of drug-likeness (QED) is 0.411. The third-order valence-corrected chi connectivity index (χ3v) is 6.42. The molecule has 1 aliphatic rings. The van der Waals surface area contributed by atoms with Crippen molar-refractivity contribution in [2.24, 2.45) is 7.05 Å². The van der Waals surface area contributed by atoms with Crippen LogP contribution in [-0.2, 0) is 11.8 Å². The van der Waals surface area contributed by atoms with Gasteiger partial charge in [-0.05, 0) is 50.2 Å². The number of amides is 1. The maximum atomic E-state index is 14.4. The first-order chi connectivity index (χ1) is 15.3. The van der Waals surface area contributed by atoms with E-state index in [4.69, 9.17) is 0 Å². The summed E-state index contributed by atoms with van der Waals surface area (Å²) in [4.78, 5) is 21.5. The molecule has 0 spiro atoms. The third-order valence-electron chi connectivity index (χ3n) is 5.15. The molecule has 2 aromatic carbocycles. The Bertz CT molecular complexity index is 1370. The molecular formula is C22H20FN7OS. The van der Waals surface area contributed by atoms with Gasteiger partial charge in [0.05, 0.1) is 28.3 Å². The van der Waals surface area contributed by atoms with Crippen molar-refractivity contribution in [2.45, 2.75) is 23.5 Å². The lowest BCUT2D eigenvalue weighted by atomic mass is 10.1. The first-order valence-corrected chi connectivity index (χ1v) is 10.7. The molecule has 0 aliphatic carbocycles. The summed E-state index contributed by atoms with van der Waals surface area (Å²) in [6.45, 7) is 3.75. The van der Waals surface area contributed by atoms with Crippen molar-refractivity contribution in [3.63, 3.8) is 0 Å². The summed E-state index contributed by atoms with van der Waals surface area (Å²) < 4.78 is 15.6. The predicted molar refractivity (Wildman–Crippen MR) is 124 cm³/mol. The van der Waals surface area contributed by atoms with Crippen LogP contribution >= 0.6 is 11.8 Å². The van der Waals surface area contributed by atoms with Crippen molar-refractivity contribution in [3.8, 4) is 0 Å². The number of hydrogen-bond donors (Lipinski definition) is 3. The molecule has 2 aromatic heterocycles. The lowest BCUT2D eigenvalue weighted by Crippen LogP contribution is -2.37. The molecule has 0 saturated carbocycles. The Labute approximate surface area is 187 Å². The van der Waals surface area contributed by atoms with Gasteiger partial charge in [0.1, 0.15) is 0 Å². The summed E-state index contributed by atoms with van der Waals surface area (Å²) in [5.74, 6) is -0.384. The molecule has 8 nitrogen and oxygen atoms in total. The summed E-state index contributed by atoms with van der Waals surface area (Å²) in [5, 5.41) is 14.2. The monoisotopic (exact) mass is 449 g/mol. The van der Waals surface area contributed by atoms with E-state index < -0.39 is 10.6 Å². The number of rotatable bonds is 4. The number of halogens is 1. The van der Waals surface area contributed by atoms with E-state index in [9.17, 15) is 9.18 Å². The van der Waals surface area contributed by atoms with Gasteiger partial charge in [-0.25, -0.2) is 9.37 Å². The number of carbonyl (C=O) groups is 1. The number of benzene rings is 2. The minimum atomic E-state index is -0.588. The molecule has 1 aliphatic heterocycles. The summed E-state index contributed by atoms with van der Waals surface area (Å²) >= 11 is 1.49. The molecule has 0 atom stereocenters. The number of nitrogens with one attached hydrogen (secondary N) is 3. The van der Waals surface area contributed by atoms with Crippen molar-refractivity contribution in [1.82, 2.24) is 19.7 Å². The van der Waals surface area contributed by atoms with Crippen LogP contribution in [0.5, 0.6) is 0 Å². The number of hydrogen-bond acceptors (Lipinski definition) is 7. The fourth-order valence-corrected chi connectivity index (χ4v) is 4.44. The van der Waals surface area contributed by atoms with Gasteiger partial charge >= 0.3 is 0 Å². The van der Waals surface area contributed by atoms with Crippen molar-refractivity contribution in [1.29, 1.82) is 0 Å². The number of carbonyl (C=O) groups excluding carboxylic acids is 1. The van der Waals surface area contributed by atoms with Crippen molar-refractivity contribution >= 4 is 57.4 Å². The largest absolute Gasteiger partial charge is 0.338 e. The first kappa shape index (κ1) is 20.3. The summed E-state index contributed by atoms with van der Waals surface area (Å²) in [6.07, 6.45) is 2.90. The Balaban J connectivity index is 1.39. The van der Waals surface area contributed by atoms with Crippen LogP contribution in [0.25, 0.3) is 10.9 Å². The van der Waals surface area contributed by atoms with Gasteiger partial charge in [0, 0.05) is 28.7 Å². The van der Waals surface area contributed by atoms with Crippen molar-refractivity contribution in [2.75, 3.05) is 16.0 Å². The van der Waals surface area contributed by atoms with E-state index in [1.807, 2.05) is 51.2 Å². The second-order valence-electron chi connectivity index (χ2n) is 7.96. The van der Waals surface area contributed by atoms with Crippen LogP contribution < -0.4 is 16.0 Å². The van der Waals surface area contributed by atoms with Crippen LogP contribution in [0.15, 0.2) is 53.7 Å². The van der Waals surface area contributed by atoms with Crippen LogP contribution in [0.1, 0.15) is 13.8 Å². The van der Waals surface area contributed by atoms with Gasteiger partial charge in [-0.3, -0.25) is 9.48 Å². The molecule has 0 fully saturated rings. The average Bonchev–Trinajstić information content (AvgIpc) is 3.12. The van der Waals surface area contributed by atoms with Gasteiger partial charge in [0.25, 0.3) is 0 Å². The molecule has 162 valence electrons. The molecule has 10 heteroatoms. The fourth-order valence-electron chi connectivity index (χ4n) is 3.39. The zero-order valence-electron chi connectivity index (χ0n) is 17.6. The van der Waals surface area contributed by atoms with Crippen LogP contribution in [-0.4, -0.2) is 30.4 Å². The smallest absolute Gasteiger partial charge is 0.240 e. The summed E-state index contributed by atoms with van der Waals surface area (Å²) in [5.41, 5.74) is 2.99. The number of anilines is 5. The summed E-state index contributed by atoms with van der Waals surface area (Å²) in [6, 6.07) is 11.2. The molecule has 3 heterocycles. The van der Waals surface area contributed by atoms with E-state index in [0.29, 0.717) is 11.4 Å². The lowest BCUT2D eigenvalue weighted by molar-refractivity contribution is -0.117. The normalized spacial score (nSPS) is 14.7. The van der Waals surface area contributed by atoms with Gasteiger partial charge in [-0.1, -0.05) is 0 Å². The highest BCUT2D eigenvalue weighted by molar-refractivity contribution is 8.01. The maximum Gasteiger partial charge on any atom is 0.240 e. The van der Waals surface area contributed by atoms with E-state index in [1.165, 1.54) is 11.8 Å². The Morgan fingerprint density at radius 2 is 1.88 bits per heavy atom. The SMILES string of the molecule is Cn1ncc2ccc(Nc3ncc(F)c(Nc4ccc5c(c4)NC(=O)C(C)(C)S5)n3)cc21. The molecule has 3 N–H and O–H groups in total. The van der Waals surface area contributed by atoms with E-state index in [1.54, 1.807) is 16.9 Å². The molecule has 32 heavy (non-hydrogen) atoms. The zero-order valence-corrected chi connectivity index (χ0v) is 18.4. The van der Waals surface area contributed by atoms with Crippen LogP contribution in [0.2, 0.25) is 0 Å². The molecule has 0 bridgehead atoms. The highest BCUT2D eigenvalue weighted by Crippen LogP contribution is 2.43. The van der Waals surface area contributed by atoms with Gasteiger partial charge in [0.15, 0.2) is 11.6 Å². The first-order valence-electron chi connectivity index (χ1n) is 9.91. The van der Waals surface area contributed by atoms with E-state index in [0.717, 1.165) is 27.7 Å². The molecule has 4 aromatic rings. The number of nitrogens with zero attached hydrogens (tertiary/aromatic N) is 4. The zero-order chi connectivity index (χ0) is 22.5. The Hall–Kier alpha value is -3.66. The maximum absolute atomic E-state index is 14.4. The van der Waals surface area contributed by atoms with Crippen LogP contribution in [0, 0.1) is 5.82 Å². The molecule has 0 unspecified atom stereocenters. The average molecular weight is 450 g/mol. The van der Waals surface area contributed by atoms with Gasteiger partial charge < -0.3 is 16.0 Å². The second kappa shape index (κ2) is 7.49. The molecular weight excluding hydrogens is 429 g/mol. The van der Waals surface area contributed by atoms with E-state index >= 15 is 0 Å². The van der Waals surface area contributed by atoms with Gasteiger partial charge in [0.2, 0.25) is 11.9 Å². The molecule has 0 radical (unpaired) electrons. The Kier molecular flexibility index (Phi) is 4.74. The fraction of sp³-hybridized carbons (Fsp3) is 0.182. The van der Waals surface area contributed by atoms with Crippen LogP contribution in [0.4, 0.5) is 33.2 Å². The lowest BCUT2D eigenvalue weighted by Gasteiger charge is -2.30. The topological polar surface area (TPSA) is 96.8 Å². The minimum absolute atomic E-state index is 0.0270. The van der Waals surface area contributed by atoms with Gasteiger partial charge in [-0.15, -0.1) is 11.8 Å². The van der Waals surface area contributed by atoms with Crippen molar-refractivity contribution in [3.05, 3.63) is 54.6 Å². The van der Waals surface area contributed by atoms with E-state index in [2.05, 4.69) is 31.0 Å². The second-order valence-corrected chi connectivity index (χ2v) is 9.62. The van der Waals surface area contributed by atoms with Crippen molar-refractivity contribution < 1.29 is 9.18 Å². The number of thioether (sulfide) groups is 1. The Morgan fingerprint density at radius 1 is 1.09 bits per heavy atom. The van der Waals surface area contributed by atoms with E-state index in [-0.39, 0.29) is 17.7 Å². The van der Waals surface area contributed by atoms with Gasteiger partial charge in [-0.2, -0.15) is 10.1 Å². The molecule has 0 saturated heterocycles. The molecule has 1 amide bonds. The highest BCUT2D eigenvalue weighted by atomic mass is 32.2. The highest BCUT2D eigenvalue weighted by Gasteiger charge is 2.34. The number of aromatic nitrogens is 4.